The summed E-state index contributed by atoms with van der Waals surface area (Å²) < 4.78 is 0.715. The van der Waals surface area contributed by atoms with E-state index in [1.165, 1.54) is 0 Å². The summed E-state index contributed by atoms with van der Waals surface area (Å²) in [6.45, 7) is 3.59. The number of aromatic nitrogens is 2. The van der Waals surface area contributed by atoms with Crippen LogP contribution < -0.4 is 0 Å². The van der Waals surface area contributed by atoms with Crippen molar-refractivity contribution in [2.24, 2.45) is 0 Å². The third kappa shape index (κ3) is 1.77. The maximum absolute atomic E-state index is 4.88. The summed E-state index contributed by atoms with van der Waals surface area (Å²) in [5, 5.41) is 0. The van der Waals surface area contributed by atoms with Crippen molar-refractivity contribution in [2.75, 3.05) is 0 Å². The van der Waals surface area contributed by atoms with Gasteiger partial charge in [-0.15, -0.1) is 6.58 Å². The molecule has 0 atom stereocenters. The van der Waals surface area contributed by atoms with Crippen LogP contribution in [0.2, 0.25) is 0 Å². The summed E-state index contributed by atoms with van der Waals surface area (Å²) in [5.41, 5.74) is 0. The minimum absolute atomic E-state index is 0.715. The van der Waals surface area contributed by atoms with Gasteiger partial charge < -0.3 is 4.98 Å². The largest absolute Gasteiger partial charge is 0.335 e. The molecular weight excluding hydrogens is 144 g/mol. The number of aromatic amines is 1. The zero-order chi connectivity index (χ0) is 7.40. The lowest BCUT2D eigenvalue weighted by Gasteiger charge is -1.92. The van der Waals surface area contributed by atoms with Gasteiger partial charge in [0.1, 0.15) is 10.5 Å². The average Bonchev–Trinajstić information content (AvgIpc) is 1.88. The lowest BCUT2D eigenvalue weighted by molar-refractivity contribution is 0.982. The van der Waals surface area contributed by atoms with Crippen molar-refractivity contribution in [3.05, 3.63) is 35.4 Å². The molecule has 0 amide bonds. The van der Waals surface area contributed by atoms with E-state index in [4.69, 9.17) is 12.2 Å². The van der Waals surface area contributed by atoms with Crippen molar-refractivity contribution in [3.8, 4) is 0 Å². The van der Waals surface area contributed by atoms with Crippen molar-refractivity contribution in [1.82, 2.24) is 9.97 Å². The molecule has 0 unspecified atom stereocenters. The van der Waals surface area contributed by atoms with Gasteiger partial charge in [0.2, 0.25) is 0 Å². The van der Waals surface area contributed by atoms with E-state index in [0.29, 0.717) is 4.64 Å². The van der Waals surface area contributed by atoms with Gasteiger partial charge in [0.15, 0.2) is 0 Å². The second kappa shape index (κ2) is 3.27. The monoisotopic (exact) mass is 152 g/mol. The fraction of sp³-hybridized carbons (Fsp3) is 0.143. The van der Waals surface area contributed by atoms with E-state index < -0.39 is 0 Å². The fourth-order valence-electron chi connectivity index (χ4n) is 0.652. The Kier molecular flexibility index (Phi) is 2.34. The Labute approximate surface area is 64.6 Å². The number of hydrogen-bond donors (Lipinski definition) is 1. The number of nitrogens with one attached hydrogen (secondary N) is 1. The third-order valence-electron chi connectivity index (χ3n) is 1.06. The first-order chi connectivity index (χ1) is 4.83. The fourth-order valence-corrected chi connectivity index (χ4v) is 0.830. The Morgan fingerprint density at radius 2 is 2.60 bits per heavy atom. The smallest absolute Gasteiger partial charge is 0.110 e. The number of H-pyrrole nitrogens is 1. The lowest BCUT2D eigenvalue weighted by atomic mass is 10.4. The minimum atomic E-state index is 0.715. The van der Waals surface area contributed by atoms with E-state index in [1.807, 2.05) is 0 Å². The standard InChI is InChI=1S/C7H8N2S/c1-2-3-6-8-5-4-7(10)9-6/h2,4-5H,1,3H2,(H,8,9,10). The summed E-state index contributed by atoms with van der Waals surface area (Å²) in [5.74, 6) is 0.863. The van der Waals surface area contributed by atoms with Crippen molar-refractivity contribution in [3.63, 3.8) is 0 Å². The average molecular weight is 152 g/mol. The van der Waals surface area contributed by atoms with Crippen LogP contribution in [-0.4, -0.2) is 9.97 Å². The Hall–Kier alpha value is -0.960. The Balaban J connectivity index is 2.95. The first kappa shape index (κ1) is 7.15. The highest BCUT2D eigenvalue weighted by molar-refractivity contribution is 7.71. The normalized spacial score (nSPS) is 9.20. The van der Waals surface area contributed by atoms with Crippen LogP contribution in [0, 0.1) is 4.64 Å². The van der Waals surface area contributed by atoms with Crippen LogP contribution in [0.5, 0.6) is 0 Å². The topological polar surface area (TPSA) is 28.7 Å². The van der Waals surface area contributed by atoms with Gasteiger partial charge in [0.05, 0.1) is 0 Å². The highest BCUT2D eigenvalue weighted by Crippen LogP contribution is 1.90. The summed E-state index contributed by atoms with van der Waals surface area (Å²) in [7, 11) is 0. The Bertz CT molecular complexity index is 277. The van der Waals surface area contributed by atoms with Gasteiger partial charge in [-0.05, 0) is 6.07 Å². The van der Waals surface area contributed by atoms with Gasteiger partial charge in [-0.1, -0.05) is 18.3 Å². The predicted molar refractivity (Wildman–Crippen MR) is 43.3 cm³/mol. The first-order valence-corrected chi connectivity index (χ1v) is 3.39. The van der Waals surface area contributed by atoms with E-state index in [2.05, 4.69) is 16.5 Å². The maximum Gasteiger partial charge on any atom is 0.110 e. The molecule has 2 nitrogen and oxygen atoms in total. The number of rotatable bonds is 2. The molecule has 0 aliphatic rings. The lowest BCUT2D eigenvalue weighted by Crippen LogP contribution is -1.90. The molecular formula is C7H8N2S. The zero-order valence-electron chi connectivity index (χ0n) is 5.50. The van der Waals surface area contributed by atoms with Gasteiger partial charge in [-0.2, -0.15) is 0 Å². The molecule has 0 bridgehead atoms. The van der Waals surface area contributed by atoms with E-state index in [9.17, 15) is 0 Å². The third-order valence-corrected chi connectivity index (χ3v) is 1.30. The van der Waals surface area contributed by atoms with Gasteiger partial charge in [0, 0.05) is 12.6 Å². The zero-order valence-corrected chi connectivity index (χ0v) is 6.32. The van der Waals surface area contributed by atoms with Crippen LogP contribution in [0.3, 0.4) is 0 Å². The molecule has 10 heavy (non-hydrogen) atoms. The molecule has 1 N–H and O–H groups in total. The van der Waals surface area contributed by atoms with E-state index in [0.717, 1.165) is 12.2 Å². The first-order valence-electron chi connectivity index (χ1n) is 2.98. The van der Waals surface area contributed by atoms with Crippen molar-refractivity contribution < 1.29 is 0 Å². The van der Waals surface area contributed by atoms with Crippen LogP contribution in [0.4, 0.5) is 0 Å². The van der Waals surface area contributed by atoms with Crippen LogP contribution in [0.15, 0.2) is 24.9 Å². The summed E-state index contributed by atoms with van der Waals surface area (Å²) in [4.78, 5) is 6.98. The summed E-state index contributed by atoms with van der Waals surface area (Å²) >= 11 is 4.88. The molecule has 0 radical (unpaired) electrons. The van der Waals surface area contributed by atoms with E-state index in [-0.39, 0.29) is 0 Å². The molecule has 0 aliphatic heterocycles. The van der Waals surface area contributed by atoms with Crippen LogP contribution in [0.25, 0.3) is 0 Å². The molecule has 3 heteroatoms. The van der Waals surface area contributed by atoms with Gasteiger partial charge in [-0.3, -0.25) is 0 Å². The summed E-state index contributed by atoms with van der Waals surface area (Å²) in [6, 6.07) is 1.75. The summed E-state index contributed by atoms with van der Waals surface area (Å²) in [6.07, 6.45) is 4.22. The molecule has 0 fully saturated rings. The van der Waals surface area contributed by atoms with Gasteiger partial charge in [-0.25, -0.2) is 4.98 Å². The molecule has 0 saturated carbocycles. The molecule has 1 rings (SSSR count). The molecule has 0 aromatic carbocycles. The van der Waals surface area contributed by atoms with Crippen LogP contribution in [-0.2, 0) is 6.42 Å². The van der Waals surface area contributed by atoms with Crippen LogP contribution >= 0.6 is 12.2 Å². The van der Waals surface area contributed by atoms with E-state index in [1.54, 1.807) is 18.3 Å². The molecule has 52 valence electrons. The van der Waals surface area contributed by atoms with Crippen molar-refractivity contribution >= 4 is 12.2 Å². The van der Waals surface area contributed by atoms with Gasteiger partial charge >= 0.3 is 0 Å². The second-order valence-corrected chi connectivity index (χ2v) is 2.31. The second-order valence-electron chi connectivity index (χ2n) is 1.87. The molecule has 0 saturated heterocycles. The van der Waals surface area contributed by atoms with Crippen molar-refractivity contribution in [2.45, 2.75) is 6.42 Å². The van der Waals surface area contributed by atoms with E-state index >= 15 is 0 Å². The number of allylic oxidation sites excluding steroid dienone is 1. The molecule has 1 aromatic heterocycles. The molecule has 0 spiro atoms. The molecule has 0 aliphatic carbocycles. The molecule has 1 heterocycles. The maximum atomic E-state index is 4.88. The Morgan fingerprint density at radius 1 is 1.80 bits per heavy atom. The van der Waals surface area contributed by atoms with Crippen LogP contribution in [0.1, 0.15) is 5.82 Å². The number of hydrogen-bond acceptors (Lipinski definition) is 2. The predicted octanol–water partition coefficient (Wildman–Crippen LogP) is 1.87. The highest BCUT2D eigenvalue weighted by Gasteiger charge is 1.86. The number of nitrogens with zero attached hydrogens (tertiary/aromatic N) is 1. The minimum Gasteiger partial charge on any atom is -0.335 e. The quantitative estimate of drug-likeness (QED) is 0.517. The SMILES string of the molecule is C=CCc1nccc(=S)[nH]1. The molecule has 1 aromatic rings. The highest BCUT2D eigenvalue weighted by atomic mass is 32.1. The van der Waals surface area contributed by atoms with Gasteiger partial charge in [0.25, 0.3) is 0 Å². The Morgan fingerprint density at radius 3 is 3.20 bits per heavy atom. The van der Waals surface area contributed by atoms with Crippen molar-refractivity contribution in [1.29, 1.82) is 0 Å².